The maximum Gasteiger partial charge on any atom is 0.169 e. The molecule has 0 aliphatic heterocycles. The molecule has 0 bridgehead atoms. The molecule has 0 saturated carbocycles. The monoisotopic (exact) mass is 304 g/mol. The fourth-order valence-electron chi connectivity index (χ4n) is 2.91. The van der Waals surface area contributed by atoms with Crippen LogP contribution in [0.4, 0.5) is 0 Å². The van der Waals surface area contributed by atoms with Crippen molar-refractivity contribution in [3.8, 4) is 33.8 Å². The molecule has 0 aliphatic carbocycles. The molecule has 0 atom stereocenters. The van der Waals surface area contributed by atoms with Crippen molar-refractivity contribution in [3.05, 3.63) is 72.3 Å². The van der Waals surface area contributed by atoms with Crippen molar-refractivity contribution in [3.63, 3.8) is 0 Å². The van der Waals surface area contributed by atoms with Gasteiger partial charge < -0.3 is 9.84 Å². The van der Waals surface area contributed by atoms with Crippen LogP contribution in [0, 0.1) is 0 Å². The Morgan fingerprint density at radius 2 is 1.43 bits per heavy atom. The molecule has 0 saturated heterocycles. The van der Waals surface area contributed by atoms with E-state index in [0.717, 1.165) is 34.2 Å². The van der Waals surface area contributed by atoms with Crippen molar-refractivity contribution in [2.24, 2.45) is 0 Å². The van der Waals surface area contributed by atoms with Crippen LogP contribution >= 0.6 is 0 Å². The summed E-state index contributed by atoms with van der Waals surface area (Å²) in [6.45, 7) is 2.03. The van der Waals surface area contributed by atoms with E-state index in [1.165, 1.54) is 0 Å². The average Bonchev–Trinajstić information content (AvgIpc) is 2.62. The standard InChI is InChI=1S/C21H20O2/c1-3-15-14-18(16-10-6-4-7-11-16)19(21(23-2)20(15)22)17-12-8-5-9-13-17/h4-14,22H,3H2,1-2H3. The molecule has 2 heteroatoms. The molecule has 0 spiro atoms. The molecule has 116 valence electrons. The first-order valence-corrected chi connectivity index (χ1v) is 7.80. The van der Waals surface area contributed by atoms with Gasteiger partial charge >= 0.3 is 0 Å². The van der Waals surface area contributed by atoms with Crippen molar-refractivity contribution in [2.45, 2.75) is 13.3 Å². The quantitative estimate of drug-likeness (QED) is 0.709. The molecule has 23 heavy (non-hydrogen) atoms. The van der Waals surface area contributed by atoms with Crippen molar-refractivity contribution in [1.82, 2.24) is 0 Å². The Balaban J connectivity index is 2.37. The summed E-state index contributed by atoms with van der Waals surface area (Å²) in [5.41, 5.74) is 5.03. The van der Waals surface area contributed by atoms with Gasteiger partial charge in [-0.3, -0.25) is 0 Å². The topological polar surface area (TPSA) is 29.5 Å². The fourth-order valence-corrected chi connectivity index (χ4v) is 2.91. The molecule has 0 aromatic heterocycles. The molecule has 0 unspecified atom stereocenters. The van der Waals surface area contributed by atoms with E-state index in [4.69, 9.17) is 4.74 Å². The summed E-state index contributed by atoms with van der Waals surface area (Å²) < 4.78 is 5.59. The van der Waals surface area contributed by atoms with Gasteiger partial charge in [0.15, 0.2) is 11.5 Å². The van der Waals surface area contributed by atoms with E-state index in [9.17, 15) is 5.11 Å². The summed E-state index contributed by atoms with van der Waals surface area (Å²) in [7, 11) is 1.61. The second-order valence-electron chi connectivity index (χ2n) is 5.43. The van der Waals surface area contributed by atoms with Gasteiger partial charge in [-0.1, -0.05) is 67.6 Å². The van der Waals surface area contributed by atoms with Gasteiger partial charge in [0.25, 0.3) is 0 Å². The molecule has 0 aliphatic rings. The second kappa shape index (κ2) is 6.57. The summed E-state index contributed by atoms with van der Waals surface area (Å²) >= 11 is 0. The van der Waals surface area contributed by atoms with Crippen LogP contribution in [0.25, 0.3) is 22.3 Å². The molecular formula is C21H20O2. The lowest BCUT2D eigenvalue weighted by molar-refractivity contribution is 0.372. The van der Waals surface area contributed by atoms with Crippen LogP contribution < -0.4 is 4.74 Å². The number of aryl methyl sites for hydroxylation is 1. The molecule has 0 radical (unpaired) electrons. The minimum Gasteiger partial charge on any atom is -0.504 e. The van der Waals surface area contributed by atoms with Gasteiger partial charge in [-0.15, -0.1) is 0 Å². The third-order valence-corrected chi connectivity index (χ3v) is 4.07. The molecule has 3 rings (SSSR count). The highest BCUT2D eigenvalue weighted by atomic mass is 16.5. The van der Waals surface area contributed by atoms with Crippen molar-refractivity contribution < 1.29 is 9.84 Å². The van der Waals surface area contributed by atoms with E-state index in [1.54, 1.807) is 7.11 Å². The largest absolute Gasteiger partial charge is 0.504 e. The minimum atomic E-state index is 0.230. The maximum atomic E-state index is 10.6. The molecule has 0 amide bonds. The zero-order chi connectivity index (χ0) is 16.2. The van der Waals surface area contributed by atoms with E-state index in [0.29, 0.717) is 5.75 Å². The van der Waals surface area contributed by atoms with Crippen molar-refractivity contribution in [1.29, 1.82) is 0 Å². The Hall–Kier alpha value is -2.74. The molecular weight excluding hydrogens is 284 g/mol. The third kappa shape index (κ3) is 2.80. The van der Waals surface area contributed by atoms with E-state index < -0.39 is 0 Å². The van der Waals surface area contributed by atoms with Crippen molar-refractivity contribution >= 4 is 0 Å². The number of phenols is 1. The lowest BCUT2D eigenvalue weighted by atomic mass is 9.90. The van der Waals surface area contributed by atoms with Gasteiger partial charge in [-0.05, 0) is 34.7 Å². The number of phenolic OH excluding ortho intramolecular Hbond substituents is 1. The normalized spacial score (nSPS) is 10.5. The zero-order valence-electron chi connectivity index (χ0n) is 13.4. The first-order chi connectivity index (χ1) is 11.3. The highest BCUT2D eigenvalue weighted by Crippen LogP contribution is 2.46. The van der Waals surface area contributed by atoms with Gasteiger partial charge in [-0.25, -0.2) is 0 Å². The number of ether oxygens (including phenoxy) is 1. The molecule has 3 aromatic rings. The summed E-state index contributed by atoms with van der Waals surface area (Å²) in [6, 6.07) is 22.3. The SMILES string of the molecule is CCc1cc(-c2ccccc2)c(-c2ccccc2)c(OC)c1O. The lowest BCUT2D eigenvalue weighted by Crippen LogP contribution is -1.96. The van der Waals surface area contributed by atoms with E-state index in [-0.39, 0.29) is 5.75 Å². The van der Waals surface area contributed by atoms with Crippen LogP contribution in [0.2, 0.25) is 0 Å². The van der Waals surface area contributed by atoms with Gasteiger partial charge in [0.2, 0.25) is 0 Å². The molecule has 0 heterocycles. The maximum absolute atomic E-state index is 10.6. The van der Waals surface area contributed by atoms with E-state index in [2.05, 4.69) is 18.2 Å². The number of rotatable bonds is 4. The van der Waals surface area contributed by atoms with Crippen LogP contribution in [0.5, 0.6) is 11.5 Å². The van der Waals surface area contributed by atoms with Crippen LogP contribution in [0.15, 0.2) is 66.7 Å². The molecule has 2 nitrogen and oxygen atoms in total. The molecule has 0 fully saturated rings. The number of benzene rings is 3. The lowest BCUT2D eigenvalue weighted by Gasteiger charge is -2.18. The fraction of sp³-hybridized carbons (Fsp3) is 0.143. The van der Waals surface area contributed by atoms with Gasteiger partial charge in [-0.2, -0.15) is 0 Å². The summed E-state index contributed by atoms with van der Waals surface area (Å²) in [4.78, 5) is 0. The first kappa shape index (κ1) is 15.2. The highest BCUT2D eigenvalue weighted by Gasteiger charge is 2.20. The summed E-state index contributed by atoms with van der Waals surface area (Å²) in [5, 5.41) is 10.6. The summed E-state index contributed by atoms with van der Waals surface area (Å²) in [5.74, 6) is 0.767. The minimum absolute atomic E-state index is 0.230. The average molecular weight is 304 g/mol. The highest BCUT2D eigenvalue weighted by molar-refractivity contribution is 5.90. The Bertz CT molecular complexity index is 793. The van der Waals surface area contributed by atoms with Gasteiger partial charge in [0.1, 0.15) is 0 Å². The van der Waals surface area contributed by atoms with Gasteiger partial charge in [0.05, 0.1) is 7.11 Å². The van der Waals surface area contributed by atoms with Crippen LogP contribution in [-0.2, 0) is 6.42 Å². The van der Waals surface area contributed by atoms with Crippen LogP contribution in [0.3, 0.4) is 0 Å². The predicted molar refractivity (Wildman–Crippen MR) is 94.9 cm³/mol. The number of hydrogen-bond donors (Lipinski definition) is 1. The Kier molecular flexibility index (Phi) is 4.33. The third-order valence-electron chi connectivity index (χ3n) is 4.07. The second-order valence-corrected chi connectivity index (χ2v) is 5.43. The smallest absolute Gasteiger partial charge is 0.169 e. The van der Waals surface area contributed by atoms with Gasteiger partial charge in [0, 0.05) is 5.56 Å². The Morgan fingerprint density at radius 1 is 0.870 bits per heavy atom. The number of hydrogen-bond acceptors (Lipinski definition) is 2. The number of methoxy groups -OCH3 is 1. The Morgan fingerprint density at radius 3 is 1.96 bits per heavy atom. The summed E-state index contributed by atoms with van der Waals surface area (Å²) in [6.07, 6.45) is 0.747. The van der Waals surface area contributed by atoms with E-state index in [1.807, 2.05) is 55.5 Å². The van der Waals surface area contributed by atoms with Crippen LogP contribution in [-0.4, -0.2) is 12.2 Å². The zero-order valence-corrected chi connectivity index (χ0v) is 13.4. The molecule has 3 aromatic carbocycles. The Labute approximate surface area is 137 Å². The number of aromatic hydroxyl groups is 1. The predicted octanol–water partition coefficient (Wildman–Crippen LogP) is 5.30. The first-order valence-electron chi connectivity index (χ1n) is 7.80. The van der Waals surface area contributed by atoms with Crippen LogP contribution in [0.1, 0.15) is 12.5 Å². The molecule has 1 N–H and O–H groups in total. The van der Waals surface area contributed by atoms with E-state index >= 15 is 0 Å². The van der Waals surface area contributed by atoms with Crippen molar-refractivity contribution in [2.75, 3.05) is 7.11 Å².